The van der Waals surface area contributed by atoms with E-state index in [1.54, 1.807) is 0 Å². The van der Waals surface area contributed by atoms with E-state index in [1.807, 2.05) is 24.3 Å². The second-order valence-corrected chi connectivity index (χ2v) is 4.77. The molecular weight excluding hydrogens is 280 g/mol. The molecule has 3 N–H and O–H groups in total. The fourth-order valence-electron chi connectivity index (χ4n) is 1.82. The average molecular weight is 295 g/mol. The highest BCUT2D eigenvalue weighted by Gasteiger charge is 2.15. The van der Waals surface area contributed by atoms with Crippen LogP contribution < -0.4 is 11.3 Å². The van der Waals surface area contributed by atoms with Crippen LogP contribution in [-0.2, 0) is 6.42 Å². The Bertz CT molecular complexity index is 496. The summed E-state index contributed by atoms with van der Waals surface area (Å²) in [7, 11) is 0. The van der Waals surface area contributed by atoms with E-state index < -0.39 is 0 Å². The Hall–Kier alpha value is -1.10. The number of rotatable bonds is 4. The number of hydrogen-bond donors (Lipinski definition) is 2. The van der Waals surface area contributed by atoms with Gasteiger partial charge in [0.05, 0.1) is 6.04 Å². The summed E-state index contributed by atoms with van der Waals surface area (Å²) >= 11 is 3.29. The first-order valence-electron chi connectivity index (χ1n) is 5.46. The fraction of sp³-hybridized carbons (Fsp3) is 0.231. The lowest BCUT2D eigenvalue weighted by Gasteiger charge is -2.14. The van der Waals surface area contributed by atoms with Gasteiger partial charge in [0.2, 0.25) is 0 Å². The van der Waals surface area contributed by atoms with Gasteiger partial charge in [-0.25, -0.2) is 5.43 Å². The smallest absolute Gasteiger partial charge is 0.169 e. The van der Waals surface area contributed by atoms with Crippen molar-refractivity contribution in [2.75, 3.05) is 0 Å². The van der Waals surface area contributed by atoms with Crippen molar-refractivity contribution in [3.05, 3.63) is 58.0 Å². The molecule has 1 aromatic heterocycles. The average Bonchev–Trinajstić information content (AvgIpc) is 2.75. The normalized spacial score (nSPS) is 12.6. The second kappa shape index (κ2) is 5.49. The lowest BCUT2D eigenvalue weighted by Crippen LogP contribution is -2.29. The van der Waals surface area contributed by atoms with E-state index in [9.17, 15) is 0 Å². The molecule has 0 bridgehead atoms. The van der Waals surface area contributed by atoms with Gasteiger partial charge in [-0.2, -0.15) is 0 Å². The van der Waals surface area contributed by atoms with Crippen molar-refractivity contribution in [2.45, 2.75) is 19.4 Å². The van der Waals surface area contributed by atoms with Gasteiger partial charge < -0.3 is 4.42 Å². The molecule has 2 rings (SSSR count). The van der Waals surface area contributed by atoms with E-state index >= 15 is 0 Å². The van der Waals surface area contributed by atoms with Gasteiger partial charge in [0.1, 0.15) is 5.76 Å². The molecule has 0 aliphatic heterocycles. The first-order valence-corrected chi connectivity index (χ1v) is 6.26. The van der Waals surface area contributed by atoms with Crippen molar-refractivity contribution in [3.8, 4) is 0 Å². The zero-order chi connectivity index (χ0) is 12.3. The minimum atomic E-state index is -0.0117. The maximum atomic E-state index is 5.59. The minimum Gasteiger partial charge on any atom is -0.453 e. The van der Waals surface area contributed by atoms with E-state index in [1.165, 1.54) is 11.1 Å². The third-order valence-electron chi connectivity index (χ3n) is 2.82. The van der Waals surface area contributed by atoms with Crippen LogP contribution in [0.2, 0.25) is 0 Å². The van der Waals surface area contributed by atoms with Gasteiger partial charge in [-0.15, -0.1) is 0 Å². The molecule has 2 aromatic rings. The molecule has 0 saturated carbocycles. The quantitative estimate of drug-likeness (QED) is 0.673. The fourth-order valence-corrected chi connectivity index (χ4v) is 2.14. The van der Waals surface area contributed by atoms with Crippen LogP contribution in [-0.4, -0.2) is 0 Å². The number of hydrogen-bond acceptors (Lipinski definition) is 3. The third kappa shape index (κ3) is 2.97. The van der Waals surface area contributed by atoms with Crippen molar-refractivity contribution >= 4 is 15.9 Å². The predicted octanol–water partition coefficient (Wildman–Crippen LogP) is 3.10. The van der Waals surface area contributed by atoms with Gasteiger partial charge in [-0.1, -0.05) is 24.3 Å². The van der Waals surface area contributed by atoms with Crippen LogP contribution in [0.4, 0.5) is 0 Å². The summed E-state index contributed by atoms with van der Waals surface area (Å²) in [4.78, 5) is 0. The minimum absolute atomic E-state index is 0.0117. The van der Waals surface area contributed by atoms with Crippen molar-refractivity contribution in [3.63, 3.8) is 0 Å². The van der Waals surface area contributed by atoms with E-state index in [4.69, 9.17) is 10.3 Å². The number of furan rings is 1. The molecular formula is C13H15BrN2O. The number of nitrogens with one attached hydrogen (secondary N) is 1. The number of aryl methyl sites for hydroxylation is 1. The van der Waals surface area contributed by atoms with Crippen LogP contribution in [0.3, 0.4) is 0 Å². The SMILES string of the molecule is Cc1ccccc1CC(NN)c1ccc(Br)o1. The van der Waals surface area contributed by atoms with Gasteiger partial charge in [0, 0.05) is 0 Å². The van der Waals surface area contributed by atoms with Gasteiger partial charge >= 0.3 is 0 Å². The highest BCUT2D eigenvalue weighted by molar-refractivity contribution is 9.10. The van der Waals surface area contributed by atoms with Crippen molar-refractivity contribution < 1.29 is 4.42 Å². The van der Waals surface area contributed by atoms with Gasteiger partial charge in [0.25, 0.3) is 0 Å². The van der Waals surface area contributed by atoms with Crippen molar-refractivity contribution in [1.29, 1.82) is 0 Å². The summed E-state index contributed by atoms with van der Waals surface area (Å²) in [6, 6.07) is 12.1. The number of halogens is 1. The zero-order valence-corrected chi connectivity index (χ0v) is 11.2. The lowest BCUT2D eigenvalue weighted by molar-refractivity contribution is 0.404. The molecule has 1 aromatic carbocycles. The summed E-state index contributed by atoms with van der Waals surface area (Å²) in [6.07, 6.45) is 0.809. The molecule has 17 heavy (non-hydrogen) atoms. The number of benzene rings is 1. The summed E-state index contributed by atoms with van der Waals surface area (Å²) in [5.41, 5.74) is 5.32. The molecule has 4 heteroatoms. The van der Waals surface area contributed by atoms with E-state index in [2.05, 4.69) is 40.4 Å². The van der Waals surface area contributed by atoms with Gasteiger partial charge in [0.15, 0.2) is 4.67 Å². The van der Waals surface area contributed by atoms with Crippen molar-refractivity contribution in [1.82, 2.24) is 5.43 Å². The molecule has 0 aliphatic carbocycles. The van der Waals surface area contributed by atoms with E-state index in [0.717, 1.165) is 16.9 Å². The molecule has 3 nitrogen and oxygen atoms in total. The maximum absolute atomic E-state index is 5.59. The lowest BCUT2D eigenvalue weighted by atomic mass is 10.0. The summed E-state index contributed by atoms with van der Waals surface area (Å²) < 4.78 is 6.24. The Morgan fingerprint density at radius 1 is 1.29 bits per heavy atom. The monoisotopic (exact) mass is 294 g/mol. The highest BCUT2D eigenvalue weighted by Crippen LogP contribution is 2.23. The molecule has 0 fully saturated rings. The highest BCUT2D eigenvalue weighted by atomic mass is 79.9. The molecule has 90 valence electrons. The Morgan fingerprint density at radius 2 is 2.06 bits per heavy atom. The Kier molecular flexibility index (Phi) is 3.99. The Balaban J connectivity index is 2.18. The standard InChI is InChI=1S/C13H15BrN2O/c1-9-4-2-3-5-10(9)8-11(16-15)12-6-7-13(14)17-12/h2-7,11,16H,8,15H2,1H3. The van der Waals surface area contributed by atoms with Crippen molar-refractivity contribution in [2.24, 2.45) is 5.84 Å². The molecule has 0 spiro atoms. The molecule has 0 aliphatic rings. The maximum Gasteiger partial charge on any atom is 0.169 e. The third-order valence-corrected chi connectivity index (χ3v) is 3.25. The summed E-state index contributed by atoms with van der Waals surface area (Å²) in [5, 5.41) is 0. The van der Waals surface area contributed by atoms with Crippen LogP contribution in [0.15, 0.2) is 45.5 Å². The molecule has 1 unspecified atom stereocenters. The number of nitrogens with two attached hydrogens (primary N) is 1. The van der Waals surface area contributed by atoms with Gasteiger partial charge in [-0.05, 0) is 52.5 Å². The summed E-state index contributed by atoms with van der Waals surface area (Å²) in [5.74, 6) is 6.42. The number of hydrazine groups is 1. The Morgan fingerprint density at radius 3 is 2.65 bits per heavy atom. The Labute approximate surface area is 109 Å². The molecule has 1 heterocycles. The van der Waals surface area contributed by atoms with Crippen LogP contribution in [0.5, 0.6) is 0 Å². The van der Waals surface area contributed by atoms with Crippen LogP contribution in [0.25, 0.3) is 0 Å². The van der Waals surface area contributed by atoms with Gasteiger partial charge in [-0.3, -0.25) is 5.84 Å². The molecule has 0 amide bonds. The topological polar surface area (TPSA) is 51.2 Å². The zero-order valence-electron chi connectivity index (χ0n) is 9.61. The second-order valence-electron chi connectivity index (χ2n) is 3.99. The van der Waals surface area contributed by atoms with E-state index in [-0.39, 0.29) is 6.04 Å². The first-order chi connectivity index (χ1) is 8.20. The first kappa shape index (κ1) is 12.4. The van der Waals surface area contributed by atoms with Crippen LogP contribution >= 0.6 is 15.9 Å². The predicted molar refractivity (Wildman–Crippen MR) is 71.4 cm³/mol. The largest absolute Gasteiger partial charge is 0.453 e. The van der Waals surface area contributed by atoms with Crippen LogP contribution in [0, 0.1) is 6.92 Å². The molecule has 0 radical (unpaired) electrons. The van der Waals surface area contributed by atoms with Crippen LogP contribution in [0.1, 0.15) is 22.9 Å². The summed E-state index contributed by atoms with van der Waals surface area (Å²) in [6.45, 7) is 2.10. The van der Waals surface area contributed by atoms with E-state index in [0.29, 0.717) is 0 Å². The molecule has 1 atom stereocenters. The molecule has 0 saturated heterocycles.